The summed E-state index contributed by atoms with van der Waals surface area (Å²) in [6.07, 6.45) is -3.43. The predicted molar refractivity (Wildman–Crippen MR) is 144 cm³/mol. The molecule has 0 aliphatic carbocycles. The van der Waals surface area contributed by atoms with Crippen molar-refractivity contribution in [2.75, 3.05) is 0 Å². The first kappa shape index (κ1) is 27.8. The lowest BCUT2D eigenvalue weighted by Crippen LogP contribution is -2.22. The molecule has 2 N–H and O–H groups in total. The molecular formula is C27H28F3N5OS2. The van der Waals surface area contributed by atoms with Crippen molar-refractivity contribution in [2.24, 2.45) is 5.92 Å². The Morgan fingerprint density at radius 3 is 2.34 bits per heavy atom. The van der Waals surface area contributed by atoms with Crippen molar-refractivity contribution < 1.29 is 18.0 Å². The molecule has 0 bridgehead atoms. The fourth-order valence-corrected chi connectivity index (χ4v) is 6.94. The summed E-state index contributed by atoms with van der Waals surface area (Å²) in [6, 6.07) is 13.3. The maximum Gasteiger partial charge on any atom is 0.416 e. The first-order valence-corrected chi connectivity index (χ1v) is 13.8. The second-order valence-corrected chi connectivity index (χ2v) is 11.8. The number of hydrogen-bond acceptors (Lipinski definition) is 6. The SMILES string of the molecule is Cc1cc(S[C@H](CC(C)C)c2ccc(C(=O)NCc3nn[nH]n3)s2)cc(C)c1-c1ccc(C(F)(F)F)cc1. The van der Waals surface area contributed by atoms with Crippen LogP contribution in [0.5, 0.6) is 0 Å². The van der Waals surface area contributed by atoms with Gasteiger partial charge in [-0.1, -0.05) is 31.2 Å². The van der Waals surface area contributed by atoms with Gasteiger partial charge in [0.1, 0.15) is 0 Å². The normalized spacial score (nSPS) is 12.6. The predicted octanol–water partition coefficient (Wildman–Crippen LogP) is 7.37. The zero-order valence-electron chi connectivity index (χ0n) is 21.4. The summed E-state index contributed by atoms with van der Waals surface area (Å²) in [5, 5.41) is 16.5. The lowest BCUT2D eigenvalue weighted by Gasteiger charge is -2.19. The summed E-state index contributed by atoms with van der Waals surface area (Å²) in [6.45, 7) is 8.50. The number of carbonyl (C=O) groups excluding carboxylic acids is 1. The van der Waals surface area contributed by atoms with Crippen molar-refractivity contribution in [3.05, 3.63) is 80.8 Å². The van der Waals surface area contributed by atoms with Gasteiger partial charge in [-0.15, -0.1) is 33.3 Å². The topological polar surface area (TPSA) is 83.6 Å². The van der Waals surface area contributed by atoms with E-state index in [1.807, 2.05) is 26.0 Å². The highest BCUT2D eigenvalue weighted by Gasteiger charge is 2.30. The number of aromatic amines is 1. The van der Waals surface area contributed by atoms with E-state index >= 15 is 0 Å². The third-order valence-electron chi connectivity index (χ3n) is 5.94. The smallest absolute Gasteiger partial charge is 0.344 e. The minimum Gasteiger partial charge on any atom is -0.344 e. The Morgan fingerprint density at radius 1 is 1.08 bits per heavy atom. The second kappa shape index (κ2) is 11.7. The first-order valence-electron chi connectivity index (χ1n) is 12.1. The highest BCUT2D eigenvalue weighted by atomic mass is 32.2. The number of nitrogens with zero attached hydrogens (tertiary/aromatic N) is 3. The van der Waals surface area contributed by atoms with E-state index < -0.39 is 11.7 Å². The number of carbonyl (C=O) groups is 1. The van der Waals surface area contributed by atoms with Gasteiger partial charge >= 0.3 is 6.18 Å². The van der Waals surface area contributed by atoms with Crippen LogP contribution in [0.25, 0.3) is 11.1 Å². The molecule has 1 amide bonds. The number of thioether (sulfide) groups is 1. The quantitative estimate of drug-likeness (QED) is 0.209. The van der Waals surface area contributed by atoms with Gasteiger partial charge in [-0.3, -0.25) is 4.79 Å². The van der Waals surface area contributed by atoms with Gasteiger partial charge in [0.2, 0.25) is 0 Å². The van der Waals surface area contributed by atoms with Crippen molar-refractivity contribution in [2.45, 2.75) is 57.0 Å². The van der Waals surface area contributed by atoms with Gasteiger partial charge < -0.3 is 5.32 Å². The van der Waals surface area contributed by atoms with Crippen LogP contribution in [-0.2, 0) is 12.7 Å². The molecule has 11 heteroatoms. The van der Waals surface area contributed by atoms with Gasteiger partial charge in [-0.05, 0) is 84.8 Å². The van der Waals surface area contributed by atoms with Gasteiger partial charge in [-0.2, -0.15) is 18.4 Å². The Labute approximate surface area is 227 Å². The molecule has 4 rings (SSSR count). The molecule has 0 aliphatic rings. The first-order chi connectivity index (χ1) is 18.0. The molecule has 0 spiro atoms. The summed E-state index contributed by atoms with van der Waals surface area (Å²) >= 11 is 3.21. The van der Waals surface area contributed by atoms with E-state index in [2.05, 4.69) is 51.9 Å². The highest BCUT2D eigenvalue weighted by Crippen LogP contribution is 2.44. The lowest BCUT2D eigenvalue weighted by atomic mass is 9.95. The number of halogens is 3. The average molecular weight is 560 g/mol. The van der Waals surface area contributed by atoms with Gasteiger partial charge in [0.25, 0.3) is 5.91 Å². The largest absolute Gasteiger partial charge is 0.416 e. The molecule has 0 saturated carbocycles. The number of thiophene rings is 1. The van der Waals surface area contributed by atoms with Gasteiger partial charge in [0.15, 0.2) is 5.82 Å². The molecule has 0 fully saturated rings. The van der Waals surface area contributed by atoms with Crippen LogP contribution in [0, 0.1) is 19.8 Å². The fraction of sp³-hybridized carbons (Fsp3) is 0.333. The molecule has 1 atom stereocenters. The lowest BCUT2D eigenvalue weighted by molar-refractivity contribution is -0.137. The number of amides is 1. The second-order valence-electron chi connectivity index (χ2n) is 9.46. The van der Waals surface area contributed by atoms with Gasteiger partial charge in [-0.25, -0.2) is 0 Å². The van der Waals surface area contributed by atoms with Crippen LogP contribution >= 0.6 is 23.1 Å². The van der Waals surface area contributed by atoms with Gasteiger partial charge in [0, 0.05) is 15.0 Å². The standard InChI is InChI=1S/C27H28F3N5OS2/c1-15(2)11-23(21-9-10-22(38-21)26(36)31-14-24-32-34-35-33-24)37-20-12-16(3)25(17(4)13-20)18-5-7-19(8-6-18)27(28,29)30/h5-10,12-13,15,23H,11,14H2,1-4H3,(H,31,36)(H,32,33,34,35)/t23-/m1/s1. The molecule has 6 nitrogen and oxygen atoms in total. The van der Waals surface area contributed by atoms with E-state index in [0.717, 1.165) is 50.6 Å². The Bertz CT molecular complexity index is 1360. The van der Waals surface area contributed by atoms with Crippen molar-refractivity contribution >= 4 is 29.0 Å². The van der Waals surface area contributed by atoms with Crippen LogP contribution in [0.15, 0.2) is 53.4 Å². The Balaban J connectivity index is 1.52. The minimum atomic E-state index is -4.36. The summed E-state index contributed by atoms with van der Waals surface area (Å²) in [4.78, 5) is 15.4. The summed E-state index contributed by atoms with van der Waals surface area (Å²) in [5.74, 6) is 0.666. The maximum atomic E-state index is 13.0. The molecular weight excluding hydrogens is 531 g/mol. The maximum absolute atomic E-state index is 13.0. The van der Waals surface area contributed by atoms with Gasteiger partial charge in [0.05, 0.1) is 17.0 Å². The fourth-order valence-electron chi connectivity index (χ4n) is 4.24. The zero-order valence-corrected chi connectivity index (χ0v) is 23.0. The highest BCUT2D eigenvalue weighted by molar-refractivity contribution is 7.99. The monoisotopic (exact) mass is 559 g/mol. The number of nitrogens with one attached hydrogen (secondary N) is 2. The van der Waals surface area contributed by atoms with E-state index in [0.29, 0.717) is 16.6 Å². The van der Waals surface area contributed by atoms with E-state index in [9.17, 15) is 18.0 Å². The van der Waals surface area contributed by atoms with E-state index in [1.54, 1.807) is 11.8 Å². The molecule has 38 heavy (non-hydrogen) atoms. The molecule has 2 aromatic carbocycles. The molecule has 2 aromatic heterocycles. The molecule has 0 radical (unpaired) electrons. The number of aryl methyl sites for hydroxylation is 2. The van der Waals surface area contributed by atoms with Crippen LogP contribution in [0.4, 0.5) is 13.2 Å². The molecule has 2 heterocycles. The summed E-state index contributed by atoms with van der Waals surface area (Å²) in [5.41, 5.74) is 3.06. The number of rotatable bonds is 9. The van der Waals surface area contributed by atoms with Crippen LogP contribution < -0.4 is 5.32 Å². The number of aromatic nitrogens is 4. The molecule has 0 saturated heterocycles. The average Bonchev–Trinajstić information content (AvgIpc) is 3.54. The molecule has 0 unspecified atom stereocenters. The number of H-pyrrole nitrogens is 1. The van der Waals surface area contributed by atoms with Crippen LogP contribution in [0.2, 0.25) is 0 Å². The number of hydrogen-bond donors (Lipinski definition) is 2. The van der Waals surface area contributed by atoms with E-state index in [4.69, 9.17) is 0 Å². The van der Waals surface area contributed by atoms with Crippen LogP contribution in [0.3, 0.4) is 0 Å². The summed E-state index contributed by atoms with van der Waals surface area (Å²) < 4.78 is 39.0. The number of benzene rings is 2. The Morgan fingerprint density at radius 2 is 1.76 bits per heavy atom. The van der Waals surface area contributed by atoms with E-state index in [-0.39, 0.29) is 17.7 Å². The Hall–Kier alpha value is -3.18. The number of tetrazole rings is 1. The van der Waals surface area contributed by atoms with Crippen LogP contribution in [-0.4, -0.2) is 26.5 Å². The van der Waals surface area contributed by atoms with Crippen molar-refractivity contribution in [3.63, 3.8) is 0 Å². The summed E-state index contributed by atoms with van der Waals surface area (Å²) in [7, 11) is 0. The molecule has 0 aliphatic heterocycles. The van der Waals surface area contributed by atoms with Crippen molar-refractivity contribution in [3.8, 4) is 11.1 Å². The van der Waals surface area contributed by atoms with Crippen molar-refractivity contribution in [1.82, 2.24) is 25.9 Å². The Kier molecular flexibility index (Phi) is 8.57. The van der Waals surface area contributed by atoms with Crippen molar-refractivity contribution in [1.29, 1.82) is 0 Å². The van der Waals surface area contributed by atoms with Crippen LogP contribution in [0.1, 0.15) is 62.6 Å². The molecule has 4 aromatic rings. The minimum absolute atomic E-state index is 0.148. The van der Waals surface area contributed by atoms with E-state index in [1.165, 1.54) is 23.5 Å². The number of alkyl halides is 3. The third-order valence-corrected chi connectivity index (χ3v) is 8.52. The zero-order chi connectivity index (χ0) is 27.4. The third kappa shape index (κ3) is 6.82. The molecule has 200 valence electrons.